The lowest BCUT2D eigenvalue weighted by molar-refractivity contribution is 0.208. The van der Waals surface area contributed by atoms with Gasteiger partial charge in [-0.1, -0.05) is 22.0 Å². The lowest BCUT2D eigenvalue weighted by atomic mass is 9.85. The van der Waals surface area contributed by atoms with Crippen LogP contribution in [0.5, 0.6) is 11.5 Å². The molecule has 0 heterocycles. The molecule has 19 heavy (non-hydrogen) atoms. The van der Waals surface area contributed by atoms with E-state index in [9.17, 15) is 0 Å². The molecule has 1 fully saturated rings. The largest absolute Gasteiger partial charge is 0.493 e. The molecule has 1 saturated carbocycles. The third-order valence-corrected chi connectivity index (χ3v) is 4.40. The third kappa shape index (κ3) is 3.86. The predicted octanol–water partition coefficient (Wildman–Crippen LogP) is 3.31. The van der Waals surface area contributed by atoms with Gasteiger partial charge in [0, 0.05) is 17.9 Å². The Hall–Kier alpha value is -0.740. The van der Waals surface area contributed by atoms with E-state index in [4.69, 9.17) is 9.47 Å². The molecule has 0 aromatic heterocycles. The van der Waals surface area contributed by atoms with E-state index in [0.717, 1.165) is 35.3 Å². The fraction of sp³-hybridized carbons (Fsp3) is 0.600. The van der Waals surface area contributed by atoms with Crippen molar-refractivity contribution < 1.29 is 9.47 Å². The highest BCUT2D eigenvalue weighted by Gasteiger charge is 2.27. The number of hydrogen-bond donors (Lipinski definition) is 0. The average molecular weight is 328 g/mol. The molecule has 1 aliphatic carbocycles. The molecular formula is C15H22BrNO2. The summed E-state index contributed by atoms with van der Waals surface area (Å²) in [4.78, 5) is 3.12. The van der Waals surface area contributed by atoms with Crippen LogP contribution in [0.25, 0.3) is 0 Å². The van der Waals surface area contributed by atoms with Crippen LogP contribution in [0.3, 0.4) is 0 Å². The molecule has 106 valence electrons. The maximum absolute atomic E-state index is 5.34. The molecule has 0 amide bonds. The van der Waals surface area contributed by atoms with Gasteiger partial charge in [-0.3, -0.25) is 0 Å². The summed E-state index contributed by atoms with van der Waals surface area (Å²) in [6.45, 7) is 2.11. The van der Waals surface area contributed by atoms with Crippen molar-refractivity contribution in [3.05, 3.63) is 23.8 Å². The van der Waals surface area contributed by atoms with E-state index in [1.807, 2.05) is 6.07 Å². The first kappa shape index (κ1) is 14.7. The Morgan fingerprint density at radius 3 is 2.47 bits per heavy atom. The van der Waals surface area contributed by atoms with Crippen molar-refractivity contribution in [2.45, 2.75) is 24.2 Å². The Balaban J connectivity index is 1.91. The number of alkyl halides is 1. The Morgan fingerprint density at radius 1 is 1.21 bits per heavy atom. The molecule has 0 spiro atoms. The van der Waals surface area contributed by atoms with Gasteiger partial charge in [0.1, 0.15) is 0 Å². The van der Waals surface area contributed by atoms with Gasteiger partial charge in [-0.15, -0.1) is 0 Å². The van der Waals surface area contributed by atoms with Gasteiger partial charge < -0.3 is 14.4 Å². The molecule has 3 nitrogen and oxygen atoms in total. The van der Waals surface area contributed by atoms with Crippen molar-refractivity contribution in [1.82, 2.24) is 4.90 Å². The van der Waals surface area contributed by atoms with Gasteiger partial charge in [0.25, 0.3) is 0 Å². The summed E-state index contributed by atoms with van der Waals surface area (Å²) < 4.78 is 10.6. The number of methoxy groups -OCH3 is 2. The monoisotopic (exact) mass is 327 g/mol. The molecule has 0 N–H and O–H groups in total. The van der Waals surface area contributed by atoms with E-state index < -0.39 is 0 Å². The number of hydrogen-bond acceptors (Lipinski definition) is 3. The molecule has 2 rings (SSSR count). The number of nitrogens with zero attached hydrogens (tertiary/aromatic N) is 1. The highest BCUT2D eigenvalue weighted by Crippen LogP contribution is 2.34. The fourth-order valence-electron chi connectivity index (χ4n) is 2.60. The zero-order chi connectivity index (χ0) is 13.8. The minimum absolute atomic E-state index is 0.743. The van der Waals surface area contributed by atoms with Crippen LogP contribution in [0.2, 0.25) is 0 Å². The second-order valence-electron chi connectivity index (χ2n) is 5.32. The van der Waals surface area contributed by atoms with Gasteiger partial charge in [0.05, 0.1) is 14.2 Å². The summed E-state index contributed by atoms with van der Waals surface area (Å²) in [7, 11) is 5.52. The summed E-state index contributed by atoms with van der Waals surface area (Å²) in [6, 6.07) is 6.13. The number of rotatable bonds is 6. The van der Waals surface area contributed by atoms with E-state index in [1.165, 1.54) is 18.4 Å². The van der Waals surface area contributed by atoms with Crippen LogP contribution in [0.1, 0.15) is 18.4 Å². The van der Waals surface area contributed by atoms with Gasteiger partial charge in [0.2, 0.25) is 0 Å². The molecule has 0 radical (unpaired) electrons. The Labute approximate surface area is 124 Å². The van der Waals surface area contributed by atoms with Crippen LogP contribution in [0, 0.1) is 5.92 Å². The topological polar surface area (TPSA) is 21.7 Å². The number of halogens is 1. The Kier molecular flexibility index (Phi) is 5.11. The molecule has 1 aromatic carbocycles. The molecule has 1 aromatic rings. The smallest absolute Gasteiger partial charge is 0.161 e. The standard InChI is InChI=1S/C15H22BrNO2/c1-17(10-12-6-13(16)7-12)9-11-4-5-14(18-2)15(8-11)19-3/h4-5,8,12-13H,6-7,9-10H2,1-3H3. The molecule has 0 saturated heterocycles. The first-order valence-electron chi connectivity index (χ1n) is 6.66. The molecule has 0 unspecified atom stereocenters. The van der Waals surface area contributed by atoms with Gasteiger partial charge >= 0.3 is 0 Å². The number of benzene rings is 1. The molecule has 1 aliphatic rings. The van der Waals surface area contributed by atoms with Crippen molar-refractivity contribution in [2.75, 3.05) is 27.8 Å². The van der Waals surface area contributed by atoms with Crippen LogP contribution in [0.4, 0.5) is 0 Å². The van der Waals surface area contributed by atoms with Crippen molar-refractivity contribution >= 4 is 15.9 Å². The van der Waals surface area contributed by atoms with Crippen LogP contribution in [-0.4, -0.2) is 37.5 Å². The highest BCUT2D eigenvalue weighted by atomic mass is 79.9. The zero-order valence-electron chi connectivity index (χ0n) is 11.9. The van der Waals surface area contributed by atoms with E-state index in [-0.39, 0.29) is 0 Å². The second kappa shape index (κ2) is 6.62. The van der Waals surface area contributed by atoms with Gasteiger partial charge in [-0.25, -0.2) is 0 Å². The van der Waals surface area contributed by atoms with E-state index >= 15 is 0 Å². The normalized spacial score (nSPS) is 22.2. The van der Waals surface area contributed by atoms with Crippen LogP contribution >= 0.6 is 15.9 Å². The number of ether oxygens (including phenoxy) is 2. The van der Waals surface area contributed by atoms with Gasteiger partial charge in [0.15, 0.2) is 11.5 Å². The van der Waals surface area contributed by atoms with Crippen molar-refractivity contribution in [2.24, 2.45) is 5.92 Å². The molecular weight excluding hydrogens is 306 g/mol. The summed E-state index contributed by atoms with van der Waals surface area (Å²) in [5.41, 5.74) is 1.26. The third-order valence-electron chi connectivity index (χ3n) is 3.65. The Morgan fingerprint density at radius 2 is 1.89 bits per heavy atom. The SMILES string of the molecule is COc1ccc(CN(C)CC2CC(Br)C2)cc1OC. The zero-order valence-corrected chi connectivity index (χ0v) is 13.4. The molecule has 0 aliphatic heterocycles. The van der Waals surface area contributed by atoms with Gasteiger partial charge in [-0.05, 0) is 43.5 Å². The lowest BCUT2D eigenvalue weighted by Crippen LogP contribution is -2.34. The average Bonchev–Trinajstić information content (AvgIpc) is 2.36. The van der Waals surface area contributed by atoms with Crippen LogP contribution in [-0.2, 0) is 6.54 Å². The van der Waals surface area contributed by atoms with E-state index in [2.05, 4.69) is 40.0 Å². The summed E-state index contributed by atoms with van der Waals surface area (Å²) >= 11 is 3.64. The first-order chi connectivity index (χ1) is 9.12. The fourth-order valence-corrected chi connectivity index (χ4v) is 3.66. The highest BCUT2D eigenvalue weighted by molar-refractivity contribution is 9.09. The minimum Gasteiger partial charge on any atom is -0.493 e. The van der Waals surface area contributed by atoms with Crippen molar-refractivity contribution in [3.8, 4) is 11.5 Å². The molecule has 4 heteroatoms. The molecule has 0 bridgehead atoms. The first-order valence-corrected chi connectivity index (χ1v) is 7.57. The van der Waals surface area contributed by atoms with E-state index in [0.29, 0.717) is 0 Å². The van der Waals surface area contributed by atoms with E-state index in [1.54, 1.807) is 14.2 Å². The second-order valence-corrected chi connectivity index (χ2v) is 6.62. The van der Waals surface area contributed by atoms with Crippen LogP contribution in [0.15, 0.2) is 18.2 Å². The quantitative estimate of drug-likeness (QED) is 0.748. The summed E-state index contributed by atoms with van der Waals surface area (Å²) in [5, 5.41) is 0. The Bertz CT molecular complexity index is 419. The maximum atomic E-state index is 5.34. The van der Waals surface area contributed by atoms with Crippen LogP contribution < -0.4 is 9.47 Å². The summed E-state index contributed by atoms with van der Waals surface area (Å²) in [6.07, 6.45) is 2.60. The maximum Gasteiger partial charge on any atom is 0.161 e. The van der Waals surface area contributed by atoms with Gasteiger partial charge in [-0.2, -0.15) is 0 Å². The van der Waals surface area contributed by atoms with Crippen molar-refractivity contribution in [3.63, 3.8) is 0 Å². The minimum atomic E-state index is 0.743. The van der Waals surface area contributed by atoms with Crippen molar-refractivity contribution in [1.29, 1.82) is 0 Å². The summed E-state index contributed by atoms with van der Waals surface area (Å²) in [5.74, 6) is 2.43. The lowest BCUT2D eigenvalue weighted by Gasteiger charge is -2.34. The molecule has 0 atom stereocenters. The predicted molar refractivity (Wildman–Crippen MR) is 81.3 cm³/mol.